The number of rotatable bonds is 7. The monoisotopic (exact) mass is 369 g/mol. The van der Waals surface area contributed by atoms with Gasteiger partial charge in [0.15, 0.2) is 0 Å². The first-order valence-electron chi connectivity index (χ1n) is 6.54. The third kappa shape index (κ3) is 7.68. The summed E-state index contributed by atoms with van der Waals surface area (Å²) in [5.41, 5.74) is 1.07. The van der Waals surface area contributed by atoms with Gasteiger partial charge in [0.1, 0.15) is 18.5 Å². The molecule has 1 aromatic rings. The highest BCUT2D eigenvalue weighted by molar-refractivity contribution is 9.10. The van der Waals surface area contributed by atoms with Gasteiger partial charge in [0, 0.05) is 12.6 Å². The maximum Gasteiger partial charge on any atom is 0.390 e. The zero-order valence-electron chi connectivity index (χ0n) is 11.9. The van der Waals surface area contributed by atoms with Gasteiger partial charge in [-0.2, -0.15) is 13.2 Å². The summed E-state index contributed by atoms with van der Waals surface area (Å²) in [5, 5.41) is 12.4. The van der Waals surface area contributed by atoms with Crippen molar-refractivity contribution in [1.82, 2.24) is 5.32 Å². The molecular formula is C14H19BrF3NO2. The highest BCUT2D eigenvalue weighted by atomic mass is 79.9. The number of aryl methyl sites for hydroxylation is 1. The number of hydrogen-bond acceptors (Lipinski definition) is 3. The first-order valence-corrected chi connectivity index (χ1v) is 7.34. The number of nitrogens with one attached hydrogen (secondary N) is 1. The molecular weight excluding hydrogens is 351 g/mol. The van der Waals surface area contributed by atoms with Crippen LogP contribution in [0.5, 0.6) is 5.75 Å². The molecule has 0 heterocycles. The summed E-state index contributed by atoms with van der Waals surface area (Å²) in [4.78, 5) is 0. The quantitative estimate of drug-likeness (QED) is 0.773. The molecule has 2 unspecified atom stereocenters. The molecule has 0 bridgehead atoms. The molecule has 2 atom stereocenters. The summed E-state index contributed by atoms with van der Waals surface area (Å²) in [5.74, 6) is 0.586. The fraction of sp³-hybridized carbons (Fsp3) is 0.571. The number of aliphatic hydroxyl groups is 1. The fourth-order valence-corrected chi connectivity index (χ4v) is 2.33. The number of halogens is 4. The van der Waals surface area contributed by atoms with Gasteiger partial charge in [0.05, 0.1) is 10.9 Å². The average molecular weight is 370 g/mol. The Morgan fingerprint density at radius 2 is 2.05 bits per heavy atom. The lowest BCUT2D eigenvalue weighted by atomic mass is 10.2. The average Bonchev–Trinajstić information content (AvgIpc) is 2.33. The molecule has 1 aromatic carbocycles. The molecule has 1 rings (SSSR count). The zero-order valence-corrected chi connectivity index (χ0v) is 13.5. The third-order valence-electron chi connectivity index (χ3n) is 2.76. The zero-order chi connectivity index (χ0) is 16.0. The van der Waals surface area contributed by atoms with E-state index in [1.807, 2.05) is 19.1 Å². The van der Waals surface area contributed by atoms with E-state index in [1.165, 1.54) is 6.92 Å². The van der Waals surface area contributed by atoms with Crippen LogP contribution in [0.4, 0.5) is 13.2 Å². The molecule has 0 aliphatic carbocycles. The topological polar surface area (TPSA) is 41.5 Å². The van der Waals surface area contributed by atoms with Gasteiger partial charge in [-0.3, -0.25) is 0 Å². The molecule has 0 saturated heterocycles. The summed E-state index contributed by atoms with van der Waals surface area (Å²) >= 11 is 3.35. The normalized spacial score (nSPS) is 14.8. The van der Waals surface area contributed by atoms with Crippen molar-refractivity contribution in [2.45, 2.75) is 38.6 Å². The van der Waals surface area contributed by atoms with Gasteiger partial charge in [-0.05, 0) is 47.5 Å². The van der Waals surface area contributed by atoms with Crippen molar-refractivity contribution in [2.75, 3.05) is 13.2 Å². The minimum atomic E-state index is -4.21. The second-order valence-corrected chi connectivity index (χ2v) is 5.88. The van der Waals surface area contributed by atoms with Gasteiger partial charge in [0.25, 0.3) is 0 Å². The maximum atomic E-state index is 12.1. The van der Waals surface area contributed by atoms with Crippen molar-refractivity contribution in [1.29, 1.82) is 0 Å². The molecule has 0 fully saturated rings. The van der Waals surface area contributed by atoms with Gasteiger partial charge in [-0.1, -0.05) is 6.07 Å². The van der Waals surface area contributed by atoms with Crippen LogP contribution in [0.1, 0.15) is 18.9 Å². The SMILES string of the molecule is Cc1ccc(OCC(O)CNC(C)CC(F)(F)F)c(Br)c1. The Hall–Kier alpha value is -0.790. The molecule has 0 saturated carbocycles. The van der Waals surface area contributed by atoms with Crippen molar-refractivity contribution in [3.8, 4) is 5.75 Å². The van der Waals surface area contributed by atoms with E-state index in [1.54, 1.807) is 6.07 Å². The van der Waals surface area contributed by atoms with Crippen LogP contribution in [0.2, 0.25) is 0 Å². The Morgan fingerprint density at radius 1 is 1.38 bits per heavy atom. The first kappa shape index (κ1) is 18.3. The van der Waals surface area contributed by atoms with Crippen LogP contribution in [0, 0.1) is 6.92 Å². The summed E-state index contributed by atoms with van der Waals surface area (Å²) in [6.07, 6.45) is -6.01. The van der Waals surface area contributed by atoms with Gasteiger partial charge in [-0.15, -0.1) is 0 Å². The molecule has 2 N–H and O–H groups in total. The molecule has 0 aliphatic rings. The summed E-state index contributed by atoms with van der Waals surface area (Å²) in [7, 11) is 0. The van der Waals surface area contributed by atoms with Crippen molar-refractivity contribution < 1.29 is 23.0 Å². The molecule has 120 valence electrons. The van der Waals surface area contributed by atoms with E-state index in [0.29, 0.717) is 5.75 Å². The van der Waals surface area contributed by atoms with Crippen molar-refractivity contribution in [3.63, 3.8) is 0 Å². The van der Waals surface area contributed by atoms with Crippen LogP contribution in [-0.2, 0) is 0 Å². The van der Waals surface area contributed by atoms with Crippen LogP contribution in [0.25, 0.3) is 0 Å². The molecule has 7 heteroatoms. The maximum absolute atomic E-state index is 12.1. The minimum absolute atomic E-state index is 0.00734. The predicted octanol–water partition coefficient (Wildman–Crippen LogP) is 3.43. The van der Waals surface area contributed by atoms with E-state index >= 15 is 0 Å². The third-order valence-corrected chi connectivity index (χ3v) is 3.38. The number of alkyl halides is 3. The molecule has 0 amide bonds. The van der Waals surface area contributed by atoms with Crippen molar-refractivity contribution in [3.05, 3.63) is 28.2 Å². The fourth-order valence-electron chi connectivity index (χ4n) is 1.72. The number of aliphatic hydroxyl groups excluding tert-OH is 1. The molecule has 0 aromatic heterocycles. The molecule has 3 nitrogen and oxygen atoms in total. The van der Waals surface area contributed by atoms with E-state index in [2.05, 4.69) is 21.2 Å². The van der Waals surface area contributed by atoms with Crippen molar-refractivity contribution >= 4 is 15.9 Å². The number of hydrogen-bond donors (Lipinski definition) is 2. The largest absolute Gasteiger partial charge is 0.490 e. The lowest BCUT2D eigenvalue weighted by Gasteiger charge is -2.19. The van der Waals surface area contributed by atoms with Crippen LogP contribution in [-0.4, -0.2) is 36.6 Å². The predicted molar refractivity (Wildman–Crippen MR) is 78.5 cm³/mol. The van der Waals surface area contributed by atoms with E-state index in [9.17, 15) is 18.3 Å². The van der Waals surface area contributed by atoms with Crippen LogP contribution in [0.15, 0.2) is 22.7 Å². The summed E-state index contributed by atoms with van der Waals surface area (Å²) in [6.45, 7) is 3.42. The Bertz CT molecular complexity index is 454. The smallest absolute Gasteiger partial charge is 0.390 e. The second kappa shape index (κ2) is 8.00. The standard InChI is InChI=1S/C14H19BrF3NO2/c1-9-3-4-13(12(15)5-9)21-8-11(20)7-19-10(2)6-14(16,17)18/h3-5,10-11,19-20H,6-8H2,1-2H3. The minimum Gasteiger partial charge on any atom is -0.490 e. The molecule has 0 aliphatic heterocycles. The summed E-state index contributed by atoms with van der Waals surface area (Å²) in [6, 6.07) is 4.78. The van der Waals surface area contributed by atoms with E-state index < -0.39 is 24.7 Å². The first-order chi connectivity index (χ1) is 9.67. The highest BCUT2D eigenvalue weighted by Gasteiger charge is 2.29. The second-order valence-electron chi connectivity index (χ2n) is 5.03. The van der Waals surface area contributed by atoms with Gasteiger partial charge in [0.2, 0.25) is 0 Å². The Balaban J connectivity index is 2.32. The van der Waals surface area contributed by atoms with Crippen LogP contribution >= 0.6 is 15.9 Å². The van der Waals surface area contributed by atoms with Crippen LogP contribution in [0.3, 0.4) is 0 Å². The van der Waals surface area contributed by atoms with Gasteiger partial charge >= 0.3 is 6.18 Å². The van der Waals surface area contributed by atoms with Gasteiger partial charge in [-0.25, -0.2) is 0 Å². The van der Waals surface area contributed by atoms with E-state index in [0.717, 1.165) is 10.0 Å². The number of ether oxygens (including phenoxy) is 1. The highest BCUT2D eigenvalue weighted by Crippen LogP contribution is 2.25. The van der Waals surface area contributed by atoms with E-state index in [4.69, 9.17) is 4.74 Å². The Morgan fingerprint density at radius 3 is 2.62 bits per heavy atom. The lowest BCUT2D eigenvalue weighted by molar-refractivity contribution is -0.139. The van der Waals surface area contributed by atoms with Crippen molar-refractivity contribution in [2.24, 2.45) is 0 Å². The molecule has 0 spiro atoms. The Kier molecular flexibility index (Phi) is 6.96. The lowest BCUT2D eigenvalue weighted by Crippen LogP contribution is -2.38. The Labute approximate surface area is 130 Å². The van der Waals surface area contributed by atoms with Crippen LogP contribution < -0.4 is 10.1 Å². The molecule has 0 radical (unpaired) electrons. The van der Waals surface area contributed by atoms with E-state index in [-0.39, 0.29) is 13.2 Å². The number of benzene rings is 1. The van der Waals surface area contributed by atoms with Gasteiger partial charge < -0.3 is 15.2 Å². The molecule has 21 heavy (non-hydrogen) atoms. The summed E-state index contributed by atoms with van der Waals surface area (Å²) < 4.78 is 42.6.